The largest absolute Gasteiger partial charge is 0.313 e. The number of aryl methyl sites for hydroxylation is 1. The molecular formula is C11H17N3O2S. The predicted molar refractivity (Wildman–Crippen MR) is 64.5 cm³/mol. The van der Waals surface area contributed by atoms with Crippen molar-refractivity contribution in [3.05, 3.63) is 18.1 Å². The molecular weight excluding hydrogens is 238 g/mol. The Labute approximate surface area is 102 Å². The summed E-state index contributed by atoms with van der Waals surface area (Å²) in [5.74, 6) is 0.118. The highest BCUT2D eigenvalue weighted by molar-refractivity contribution is 7.91. The third kappa shape index (κ3) is 3.01. The van der Waals surface area contributed by atoms with Crippen molar-refractivity contribution in [2.45, 2.75) is 37.3 Å². The average molecular weight is 255 g/mol. The summed E-state index contributed by atoms with van der Waals surface area (Å²) in [5, 5.41) is 3.36. The van der Waals surface area contributed by atoms with E-state index in [1.807, 2.05) is 0 Å². The summed E-state index contributed by atoms with van der Waals surface area (Å²) in [6.45, 7) is 2.58. The van der Waals surface area contributed by atoms with Crippen LogP contribution in [0.5, 0.6) is 0 Å². The van der Waals surface area contributed by atoms with E-state index in [2.05, 4.69) is 15.3 Å². The van der Waals surface area contributed by atoms with Crippen molar-refractivity contribution in [3.63, 3.8) is 0 Å². The first-order valence-corrected chi connectivity index (χ1v) is 7.48. The lowest BCUT2D eigenvalue weighted by Gasteiger charge is -2.23. The first-order chi connectivity index (χ1) is 8.09. The number of sulfone groups is 1. The number of hydrogen-bond acceptors (Lipinski definition) is 5. The van der Waals surface area contributed by atoms with Crippen LogP contribution in [-0.4, -0.2) is 36.7 Å². The van der Waals surface area contributed by atoms with Gasteiger partial charge in [0.2, 0.25) is 0 Å². The van der Waals surface area contributed by atoms with Crippen LogP contribution in [-0.2, 0) is 9.84 Å². The number of rotatable bonds is 3. The molecule has 1 atom stereocenters. The average Bonchev–Trinajstić information content (AvgIpc) is 2.30. The molecule has 2 heterocycles. The minimum Gasteiger partial charge on any atom is -0.313 e. The van der Waals surface area contributed by atoms with E-state index in [0.29, 0.717) is 5.69 Å². The van der Waals surface area contributed by atoms with Crippen molar-refractivity contribution in [3.8, 4) is 0 Å². The Kier molecular flexibility index (Phi) is 3.73. The second kappa shape index (κ2) is 5.10. The second-order valence-corrected chi connectivity index (χ2v) is 6.32. The van der Waals surface area contributed by atoms with Gasteiger partial charge in [-0.3, -0.25) is 4.98 Å². The van der Waals surface area contributed by atoms with Crippen LogP contribution >= 0.6 is 0 Å². The maximum atomic E-state index is 12.2. The normalized spacial score (nSPS) is 21.4. The number of nitrogens with one attached hydrogen (secondary N) is 1. The lowest BCUT2D eigenvalue weighted by atomic mass is 10.1. The summed E-state index contributed by atoms with van der Waals surface area (Å²) < 4.78 is 24.4. The molecule has 94 valence electrons. The maximum Gasteiger partial charge on any atom is 0.198 e. The van der Waals surface area contributed by atoms with Gasteiger partial charge in [-0.15, -0.1) is 0 Å². The minimum atomic E-state index is -3.33. The summed E-state index contributed by atoms with van der Waals surface area (Å²) >= 11 is 0. The SMILES string of the molecule is Cc1nccnc1S(=O)(=O)C[C@@H]1CCCCN1. The van der Waals surface area contributed by atoms with Crippen LogP contribution in [0.4, 0.5) is 0 Å². The van der Waals surface area contributed by atoms with Gasteiger partial charge >= 0.3 is 0 Å². The zero-order valence-corrected chi connectivity index (χ0v) is 10.7. The fourth-order valence-corrected chi connectivity index (χ4v) is 3.81. The lowest BCUT2D eigenvalue weighted by molar-refractivity contribution is 0.423. The van der Waals surface area contributed by atoms with Gasteiger partial charge < -0.3 is 5.32 Å². The molecule has 1 saturated heterocycles. The van der Waals surface area contributed by atoms with Crippen molar-refractivity contribution < 1.29 is 8.42 Å². The van der Waals surface area contributed by atoms with E-state index >= 15 is 0 Å². The van der Waals surface area contributed by atoms with Crippen LogP contribution in [0, 0.1) is 6.92 Å². The van der Waals surface area contributed by atoms with Crippen LogP contribution in [0.1, 0.15) is 25.0 Å². The van der Waals surface area contributed by atoms with Gasteiger partial charge in [0, 0.05) is 18.4 Å². The van der Waals surface area contributed by atoms with E-state index in [1.54, 1.807) is 6.92 Å². The molecule has 1 N–H and O–H groups in total. The van der Waals surface area contributed by atoms with Crippen LogP contribution in [0.2, 0.25) is 0 Å². The third-order valence-electron chi connectivity index (χ3n) is 2.96. The molecule has 1 aliphatic heterocycles. The van der Waals surface area contributed by atoms with E-state index in [1.165, 1.54) is 12.4 Å². The predicted octanol–water partition coefficient (Wildman–Crippen LogP) is 0.701. The van der Waals surface area contributed by atoms with E-state index in [4.69, 9.17) is 0 Å². The Bertz CT molecular complexity index is 481. The smallest absolute Gasteiger partial charge is 0.198 e. The standard InChI is InChI=1S/C11H17N3O2S/c1-9-11(14-7-6-12-9)17(15,16)8-10-4-2-3-5-13-10/h6-7,10,13H,2-5,8H2,1H3/t10-/m0/s1. The zero-order chi connectivity index (χ0) is 12.3. The molecule has 0 radical (unpaired) electrons. The molecule has 1 fully saturated rings. The fraction of sp³-hybridized carbons (Fsp3) is 0.636. The quantitative estimate of drug-likeness (QED) is 0.861. The maximum absolute atomic E-state index is 12.2. The molecule has 0 aromatic carbocycles. The number of piperidine rings is 1. The zero-order valence-electron chi connectivity index (χ0n) is 9.89. The van der Waals surface area contributed by atoms with E-state index in [0.717, 1.165) is 25.8 Å². The highest BCUT2D eigenvalue weighted by atomic mass is 32.2. The molecule has 1 aliphatic rings. The molecule has 17 heavy (non-hydrogen) atoms. The monoisotopic (exact) mass is 255 g/mol. The van der Waals surface area contributed by atoms with Gasteiger partial charge in [0.05, 0.1) is 11.4 Å². The second-order valence-electron chi connectivity index (χ2n) is 4.38. The summed E-state index contributed by atoms with van der Waals surface area (Å²) in [5.41, 5.74) is 0.475. The fourth-order valence-electron chi connectivity index (χ4n) is 2.11. The Morgan fingerprint density at radius 3 is 2.76 bits per heavy atom. The van der Waals surface area contributed by atoms with Crippen LogP contribution in [0.15, 0.2) is 17.4 Å². The number of hydrogen-bond donors (Lipinski definition) is 1. The molecule has 0 amide bonds. The highest BCUT2D eigenvalue weighted by Gasteiger charge is 2.25. The van der Waals surface area contributed by atoms with Crippen molar-refractivity contribution >= 4 is 9.84 Å². The lowest BCUT2D eigenvalue weighted by Crippen LogP contribution is -2.39. The first kappa shape index (κ1) is 12.4. The summed E-state index contributed by atoms with van der Waals surface area (Å²) in [6, 6.07) is 0.0511. The van der Waals surface area contributed by atoms with Crippen LogP contribution in [0.25, 0.3) is 0 Å². The van der Waals surface area contributed by atoms with E-state index < -0.39 is 9.84 Å². The molecule has 1 aromatic rings. The highest BCUT2D eigenvalue weighted by Crippen LogP contribution is 2.15. The molecule has 5 nitrogen and oxygen atoms in total. The van der Waals surface area contributed by atoms with E-state index in [9.17, 15) is 8.42 Å². The first-order valence-electron chi connectivity index (χ1n) is 5.83. The van der Waals surface area contributed by atoms with Crippen LogP contribution < -0.4 is 5.32 Å². The molecule has 0 bridgehead atoms. The Morgan fingerprint density at radius 2 is 2.12 bits per heavy atom. The summed E-state index contributed by atoms with van der Waals surface area (Å²) in [4.78, 5) is 7.91. The Balaban J connectivity index is 2.16. The Morgan fingerprint density at radius 1 is 1.35 bits per heavy atom. The van der Waals surface area contributed by atoms with Gasteiger partial charge in [-0.1, -0.05) is 6.42 Å². The molecule has 2 rings (SSSR count). The molecule has 1 aromatic heterocycles. The van der Waals surface area contributed by atoms with Crippen molar-refractivity contribution in [1.82, 2.24) is 15.3 Å². The molecule has 0 unspecified atom stereocenters. The van der Waals surface area contributed by atoms with Crippen LogP contribution in [0.3, 0.4) is 0 Å². The number of nitrogens with zero attached hydrogens (tertiary/aromatic N) is 2. The van der Waals surface area contributed by atoms with Gasteiger partial charge in [-0.2, -0.15) is 0 Å². The third-order valence-corrected chi connectivity index (χ3v) is 4.79. The summed E-state index contributed by atoms with van der Waals surface area (Å²) in [6.07, 6.45) is 6.06. The minimum absolute atomic E-state index is 0.0511. The number of aromatic nitrogens is 2. The molecule has 0 aliphatic carbocycles. The van der Waals surface area contributed by atoms with Gasteiger partial charge in [0.25, 0.3) is 0 Å². The molecule has 0 saturated carbocycles. The topological polar surface area (TPSA) is 72.0 Å². The van der Waals surface area contributed by atoms with Gasteiger partial charge in [0.1, 0.15) is 0 Å². The van der Waals surface area contributed by atoms with Crippen molar-refractivity contribution in [2.75, 3.05) is 12.3 Å². The van der Waals surface area contributed by atoms with Crippen molar-refractivity contribution in [2.24, 2.45) is 0 Å². The van der Waals surface area contributed by atoms with Gasteiger partial charge in [0.15, 0.2) is 14.9 Å². The van der Waals surface area contributed by atoms with E-state index in [-0.39, 0.29) is 16.8 Å². The molecule has 6 heteroatoms. The van der Waals surface area contributed by atoms with Gasteiger partial charge in [-0.25, -0.2) is 13.4 Å². The van der Waals surface area contributed by atoms with Crippen molar-refractivity contribution in [1.29, 1.82) is 0 Å². The molecule has 0 spiro atoms. The van der Waals surface area contributed by atoms with Gasteiger partial charge in [-0.05, 0) is 26.3 Å². The summed E-state index contributed by atoms with van der Waals surface area (Å²) in [7, 11) is -3.33. The Hall–Kier alpha value is -1.01.